The summed E-state index contributed by atoms with van der Waals surface area (Å²) < 4.78 is 14.8. The van der Waals surface area contributed by atoms with Crippen LogP contribution in [0.2, 0.25) is 0 Å². The van der Waals surface area contributed by atoms with Crippen LogP contribution in [0.5, 0.6) is 0 Å². The number of aromatic nitrogens is 2. The van der Waals surface area contributed by atoms with E-state index in [1.807, 2.05) is 17.0 Å². The minimum absolute atomic E-state index is 0.00570. The van der Waals surface area contributed by atoms with Crippen LogP contribution in [0.15, 0.2) is 66.9 Å². The second-order valence-electron chi connectivity index (χ2n) is 10.2. The van der Waals surface area contributed by atoms with E-state index in [1.54, 1.807) is 36.5 Å². The van der Waals surface area contributed by atoms with E-state index in [4.69, 9.17) is 10.7 Å². The van der Waals surface area contributed by atoms with Crippen LogP contribution in [0.4, 0.5) is 21.8 Å². The van der Waals surface area contributed by atoms with Gasteiger partial charge in [-0.25, -0.2) is 9.37 Å². The number of fused-ring (bicyclic) bond motifs is 2. The number of anilines is 3. The van der Waals surface area contributed by atoms with E-state index in [9.17, 15) is 14.0 Å². The van der Waals surface area contributed by atoms with Gasteiger partial charge in [0.15, 0.2) is 0 Å². The van der Waals surface area contributed by atoms with E-state index >= 15 is 0 Å². The number of hydrogen-bond donors (Lipinski definition) is 3. The molecule has 2 bridgehead atoms. The van der Waals surface area contributed by atoms with E-state index in [0.717, 1.165) is 32.4 Å². The molecule has 8 nitrogen and oxygen atoms in total. The van der Waals surface area contributed by atoms with Gasteiger partial charge in [-0.2, -0.15) is 4.98 Å². The van der Waals surface area contributed by atoms with Crippen LogP contribution in [0, 0.1) is 23.6 Å². The third kappa shape index (κ3) is 4.49. The summed E-state index contributed by atoms with van der Waals surface area (Å²) in [4.78, 5) is 36.2. The highest BCUT2D eigenvalue weighted by molar-refractivity contribution is 5.95. The molecule has 2 amide bonds. The third-order valence-corrected chi connectivity index (χ3v) is 7.80. The average molecular weight is 513 g/mol. The lowest BCUT2D eigenvalue weighted by Crippen LogP contribution is -2.41. The van der Waals surface area contributed by atoms with Gasteiger partial charge in [0.25, 0.3) is 5.91 Å². The Morgan fingerprint density at radius 2 is 1.79 bits per heavy atom. The van der Waals surface area contributed by atoms with Gasteiger partial charge in [-0.1, -0.05) is 36.4 Å². The summed E-state index contributed by atoms with van der Waals surface area (Å²) in [6, 6.07) is 13.4. The Balaban J connectivity index is 1.32. The largest absolute Gasteiger partial charge is 0.369 e. The molecule has 4 atom stereocenters. The number of primary amides is 1. The average Bonchev–Trinajstić information content (AvgIpc) is 3.68. The van der Waals surface area contributed by atoms with Crippen LogP contribution in [0.3, 0.4) is 0 Å². The second-order valence-corrected chi connectivity index (χ2v) is 10.2. The first-order valence-corrected chi connectivity index (χ1v) is 13.0. The molecular formula is C29H29FN6O2. The lowest BCUT2D eigenvalue weighted by molar-refractivity contribution is -0.122. The fourth-order valence-electron chi connectivity index (χ4n) is 5.96. The van der Waals surface area contributed by atoms with E-state index in [0.29, 0.717) is 28.2 Å². The number of nitrogens with one attached hydrogen (secondary N) is 2. The molecule has 2 fully saturated rings. The maximum absolute atomic E-state index is 14.8. The Morgan fingerprint density at radius 1 is 1.00 bits per heavy atom. The van der Waals surface area contributed by atoms with Gasteiger partial charge in [-0.05, 0) is 55.4 Å². The number of nitrogens with two attached hydrogens (primary N) is 1. The molecule has 6 rings (SSSR count). The van der Waals surface area contributed by atoms with Gasteiger partial charge in [0.1, 0.15) is 11.6 Å². The second kappa shape index (κ2) is 9.89. The number of carbonyl (C=O) groups is 2. The lowest BCUT2D eigenvalue weighted by atomic mass is 9.88. The Kier molecular flexibility index (Phi) is 6.27. The first-order chi connectivity index (χ1) is 18.5. The van der Waals surface area contributed by atoms with Crippen molar-refractivity contribution in [2.24, 2.45) is 23.5 Å². The van der Waals surface area contributed by atoms with Crippen molar-refractivity contribution < 1.29 is 14.0 Å². The van der Waals surface area contributed by atoms with Crippen molar-refractivity contribution in [1.29, 1.82) is 0 Å². The van der Waals surface area contributed by atoms with Crippen molar-refractivity contribution in [3.8, 4) is 11.1 Å². The molecule has 1 aliphatic heterocycles. The summed E-state index contributed by atoms with van der Waals surface area (Å²) in [6.45, 7) is 1.55. The molecular weight excluding hydrogens is 483 g/mol. The zero-order chi connectivity index (χ0) is 26.2. The smallest absolute Gasteiger partial charge is 0.253 e. The standard InChI is InChI=1S/C29H29FN6O2/c30-23-9-2-1-8-21(23)22-16-32-29(33-20-7-5-6-19(15-20)28(38)36-12-3-4-13-36)35-27(22)34-25-18-11-10-17(14-18)24(25)26(31)37/h1-2,5-11,15-18,24-25H,3-4,12-14H2,(H2,31,37)(H2,32,33,34,35)/t17-,18?,24?,25?/m1/s1. The number of hydrogen-bond acceptors (Lipinski definition) is 6. The molecule has 3 unspecified atom stereocenters. The number of amides is 2. The zero-order valence-electron chi connectivity index (χ0n) is 20.8. The predicted molar refractivity (Wildman–Crippen MR) is 143 cm³/mol. The van der Waals surface area contributed by atoms with Crippen molar-refractivity contribution >= 4 is 29.3 Å². The fourth-order valence-corrected chi connectivity index (χ4v) is 5.96. The van der Waals surface area contributed by atoms with E-state index in [2.05, 4.69) is 27.8 Å². The first kappa shape index (κ1) is 24.1. The quantitative estimate of drug-likeness (QED) is 0.406. The summed E-state index contributed by atoms with van der Waals surface area (Å²) in [7, 11) is 0. The van der Waals surface area contributed by atoms with Crippen molar-refractivity contribution in [3.05, 3.63) is 78.3 Å². The number of nitrogens with zero attached hydrogens (tertiary/aromatic N) is 3. The van der Waals surface area contributed by atoms with Crippen LogP contribution in [0.25, 0.3) is 11.1 Å². The maximum Gasteiger partial charge on any atom is 0.253 e. The molecule has 2 aliphatic carbocycles. The van der Waals surface area contributed by atoms with Gasteiger partial charge >= 0.3 is 0 Å². The predicted octanol–water partition coefficient (Wildman–Crippen LogP) is 4.35. The Morgan fingerprint density at radius 3 is 2.58 bits per heavy atom. The highest BCUT2D eigenvalue weighted by Crippen LogP contribution is 2.45. The van der Waals surface area contributed by atoms with Crippen molar-refractivity contribution in [2.75, 3.05) is 23.7 Å². The fraction of sp³-hybridized carbons (Fsp3) is 0.310. The SMILES string of the molecule is NC(=O)C1C(Nc2nc(Nc3cccc(C(=O)N4CCCC4)c3)ncc2-c2ccccc2F)C2C=C[C@@H]1C2. The van der Waals surface area contributed by atoms with Gasteiger partial charge in [0.2, 0.25) is 11.9 Å². The van der Waals surface area contributed by atoms with Crippen LogP contribution in [-0.2, 0) is 4.79 Å². The number of likely N-dealkylation sites (tertiary alicyclic amines) is 1. The van der Waals surface area contributed by atoms with Crippen molar-refractivity contribution in [1.82, 2.24) is 14.9 Å². The van der Waals surface area contributed by atoms with Gasteiger partial charge < -0.3 is 21.3 Å². The van der Waals surface area contributed by atoms with Gasteiger partial charge in [0, 0.05) is 47.7 Å². The number of benzene rings is 2. The zero-order valence-corrected chi connectivity index (χ0v) is 20.8. The summed E-state index contributed by atoms with van der Waals surface area (Å²) in [6.07, 6.45) is 8.62. The molecule has 2 heterocycles. The number of halogens is 1. The van der Waals surface area contributed by atoms with Crippen LogP contribution in [0.1, 0.15) is 29.6 Å². The molecule has 3 aliphatic rings. The van der Waals surface area contributed by atoms with Crippen molar-refractivity contribution in [2.45, 2.75) is 25.3 Å². The Bertz CT molecular complexity index is 1420. The molecule has 4 N–H and O–H groups in total. The van der Waals surface area contributed by atoms with E-state index in [-0.39, 0.29) is 41.6 Å². The molecule has 0 radical (unpaired) electrons. The van der Waals surface area contributed by atoms with E-state index in [1.165, 1.54) is 6.07 Å². The Hall–Kier alpha value is -4.27. The highest BCUT2D eigenvalue weighted by atomic mass is 19.1. The molecule has 1 saturated carbocycles. The molecule has 1 saturated heterocycles. The summed E-state index contributed by atoms with van der Waals surface area (Å²) in [5, 5.41) is 6.60. The van der Waals surface area contributed by atoms with Gasteiger partial charge in [-0.3, -0.25) is 9.59 Å². The highest BCUT2D eigenvalue weighted by Gasteiger charge is 2.47. The van der Waals surface area contributed by atoms with Crippen LogP contribution >= 0.6 is 0 Å². The molecule has 38 heavy (non-hydrogen) atoms. The molecule has 0 spiro atoms. The lowest BCUT2D eigenvalue weighted by Gasteiger charge is -2.28. The van der Waals surface area contributed by atoms with Gasteiger partial charge in [0.05, 0.1) is 5.92 Å². The Labute approximate surface area is 220 Å². The van der Waals surface area contributed by atoms with E-state index < -0.39 is 5.82 Å². The topological polar surface area (TPSA) is 113 Å². The number of rotatable bonds is 7. The van der Waals surface area contributed by atoms with Gasteiger partial charge in [-0.15, -0.1) is 0 Å². The molecule has 9 heteroatoms. The number of carbonyl (C=O) groups excluding carboxylic acids is 2. The summed E-state index contributed by atoms with van der Waals surface area (Å²) >= 11 is 0. The summed E-state index contributed by atoms with van der Waals surface area (Å²) in [5.41, 5.74) is 7.87. The number of allylic oxidation sites excluding steroid dienone is 1. The summed E-state index contributed by atoms with van der Waals surface area (Å²) in [5.74, 6) is -0.218. The normalized spacial score (nSPS) is 23.6. The minimum Gasteiger partial charge on any atom is -0.369 e. The maximum atomic E-state index is 14.8. The minimum atomic E-state index is -0.396. The van der Waals surface area contributed by atoms with Crippen molar-refractivity contribution in [3.63, 3.8) is 0 Å². The van der Waals surface area contributed by atoms with Crippen LogP contribution in [-0.4, -0.2) is 45.8 Å². The van der Waals surface area contributed by atoms with Crippen LogP contribution < -0.4 is 16.4 Å². The molecule has 194 valence electrons. The molecule has 1 aromatic heterocycles. The first-order valence-electron chi connectivity index (χ1n) is 13.0. The molecule has 3 aromatic rings. The molecule has 2 aromatic carbocycles. The monoisotopic (exact) mass is 512 g/mol. The third-order valence-electron chi connectivity index (χ3n) is 7.80.